The molecular formula is C11H12ClN3O2. The van der Waals surface area contributed by atoms with Crippen LogP contribution in [-0.2, 0) is 6.54 Å². The SMILES string of the molecule is Cc1[nH]c(=O)[nH]c(=O)c1C[n+]1ccccc1.[Cl-]. The molecule has 2 N–H and O–H groups in total. The van der Waals surface area contributed by atoms with Gasteiger partial charge in [0.25, 0.3) is 5.56 Å². The molecule has 2 aromatic heterocycles. The number of rotatable bonds is 2. The first-order valence-corrected chi connectivity index (χ1v) is 4.93. The third kappa shape index (κ3) is 3.04. The van der Waals surface area contributed by atoms with E-state index >= 15 is 0 Å². The summed E-state index contributed by atoms with van der Waals surface area (Å²) in [5, 5.41) is 0. The van der Waals surface area contributed by atoms with Gasteiger partial charge >= 0.3 is 5.69 Å². The van der Waals surface area contributed by atoms with Gasteiger partial charge in [0.2, 0.25) is 0 Å². The molecule has 6 heteroatoms. The Morgan fingerprint density at radius 3 is 2.35 bits per heavy atom. The van der Waals surface area contributed by atoms with Crippen LogP contribution in [0.2, 0.25) is 0 Å². The largest absolute Gasteiger partial charge is 1.00 e. The van der Waals surface area contributed by atoms with Crippen molar-refractivity contribution in [1.29, 1.82) is 0 Å². The topological polar surface area (TPSA) is 69.6 Å². The Kier molecular flexibility index (Phi) is 4.23. The van der Waals surface area contributed by atoms with Crippen molar-refractivity contribution in [3.05, 3.63) is 62.7 Å². The van der Waals surface area contributed by atoms with Crippen LogP contribution >= 0.6 is 0 Å². The fourth-order valence-electron chi connectivity index (χ4n) is 1.54. The highest BCUT2D eigenvalue weighted by molar-refractivity contribution is 5.12. The summed E-state index contributed by atoms with van der Waals surface area (Å²) < 4.78 is 1.87. The zero-order chi connectivity index (χ0) is 11.5. The van der Waals surface area contributed by atoms with Crippen LogP contribution in [0.5, 0.6) is 0 Å². The van der Waals surface area contributed by atoms with Crippen LogP contribution in [0.4, 0.5) is 0 Å². The number of aryl methyl sites for hydroxylation is 1. The van der Waals surface area contributed by atoms with E-state index in [1.54, 1.807) is 6.92 Å². The van der Waals surface area contributed by atoms with Crippen LogP contribution in [0.1, 0.15) is 11.3 Å². The Balaban J connectivity index is 0.00000144. The van der Waals surface area contributed by atoms with Crippen molar-refractivity contribution < 1.29 is 17.0 Å². The zero-order valence-electron chi connectivity index (χ0n) is 9.24. The third-order valence-electron chi connectivity index (χ3n) is 2.37. The Labute approximate surface area is 104 Å². The van der Waals surface area contributed by atoms with Crippen molar-refractivity contribution in [3.63, 3.8) is 0 Å². The lowest BCUT2D eigenvalue weighted by molar-refractivity contribution is -0.688. The molecule has 90 valence electrons. The Morgan fingerprint density at radius 1 is 1.12 bits per heavy atom. The van der Waals surface area contributed by atoms with Crippen molar-refractivity contribution >= 4 is 0 Å². The minimum atomic E-state index is -0.468. The Hall–Kier alpha value is -1.88. The highest BCUT2D eigenvalue weighted by Crippen LogP contribution is 1.93. The second kappa shape index (κ2) is 5.45. The molecule has 5 nitrogen and oxygen atoms in total. The minimum Gasteiger partial charge on any atom is -1.00 e. The number of H-pyrrole nitrogens is 2. The molecule has 2 rings (SSSR count). The maximum atomic E-state index is 11.6. The smallest absolute Gasteiger partial charge is 0.325 e. The van der Waals surface area contributed by atoms with Gasteiger partial charge in [0.05, 0.1) is 0 Å². The Bertz CT molecular complexity index is 604. The summed E-state index contributed by atoms with van der Waals surface area (Å²) in [6, 6.07) is 5.67. The lowest BCUT2D eigenvalue weighted by atomic mass is 10.2. The number of hydrogen-bond acceptors (Lipinski definition) is 2. The van der Waals surface area contributed by atoms with Gasteiger partial charge in [0.1, 0.15) is 5.56 Å². The van der Waals surface area contributed by atoms with Gasteiger partial charge in [-0.25, -0.2) is 9.36 Å². The summed E-state index contributed by atoms with van der Waals surface area (Å²) in [4.78, 5) is 27.4. The minimum absolute atomic E-state index is 0. The average molecular weight is 254 g/mol. The van der Waals surface area contributed by atoms with Gasteiger partial charge in [-0.05, 0) is 6.92 Å². The summed E-state index contributed by atoms with van der Waals surface area (Å²) >= 11 is 0. The number of nitrogens with zero attached hydrogens (tertiary/aromatic N) is 1. The monoisotopic (exact) mass is 253 g/mol. The molecule has 0 aliphatic rings. The summed E-state index contributed by atoms with van der Waals surface area (Å²) in [6.45, 7) is 2.16. The molecule has 2 aromatic rings. The predicted molar refractivity (Wildman–Crippen MR) is 58.2 cm³/mol. The van der Waals surface area contributed by atoms with Crippen molar-refractivity contribution in [2.75, 3.05) is 0 Å². The van der Waals surface area contributed by atoms with Crippen LogP contribution in [0.3, 0.4) is 0 Å². The first-order valence-electron chi connectivity index (χ1n) is 4.93. The Morgan fingerprint density at radius 2 is 1.76 bits per heavy atom. The molecule has 0 amide bonds. The molecule has 0 fully saturated rings. The van der Waals surface area contributed by atoms with Crippen molar-refractivity contribution in [2.24, 2.45) is 0 Å². The summed E-state index contributed by atoms with van der Waals surface area (Å²) in [5.74, 6) is 0. The number of aromatic nitrogens is 3. The highest BCUT2D eigenvalue weighted by Gasteiger charge is 2.10. The molecule has 0 spiro atoms. The maximum absolute atomic E-state index is 11.6. The molecule has 0 bridgehead atoms. The van der Waals surface area contributed by atoms with Gasteiger partial charge in [0, 0.05) is 17.8 Å². The molecule has 2 heterocycles. The van der Waals surface area contributed by atoms with E-state index in [1.165, 1.54) is 0 Å². The molecule has 17 heavy (non-hydrogen) atoms. The third-order valence-corrected chi connectivity index (χ3v) is 2.37. The first-order chi connectivity index (χ1) is 7.66. The maximum Gasteiger partial charge on any atom is 0.325 e. The van der Waals surface area contributed by atoms with Crippen LogP contribution in [0.15, 0.2) is 40.2 Å². The number of pyridine rings is 1. The lowest BCUT2D eigenvalue weighted by Crippen LogP contribution is -3.00. The van der Waals surface area contributed by atoms with E-state index < -0.39 is 5.69 Å². The van der Waals surface area contributed by atoms with E-state index in [0.717, 1.165) is 0 Å². The van der Waals surface area contributed by atoms with Gasteiger partial charge in [-0.3, -0.25) is 9.78 Å². The summed E-state index contributed by atoms with van der Waals surface area (Å²) in [7, 11) is 0. The molecule has 0 aromatic carbocycles. The van der Waals surface area contributed by atoms with Gasteiger partial charge in [-0.15, -0.1) is 0 Å². The first kappa shape index (κ1) is 13.2. The number of nitrogens with one attached hydrogen (secondary N) is 2. The number of aromatic amines is 2. The van der Waals surface area contributed by atoms with E-state index in [1.807, 2.05) is 35.2 Å². The van der Waals surface area contributed by atoms with Crippen LogP contribution in [-0.4, -0.2) is 9.97 Å². The van der Waals surface area contributed by atoms with Crippen LogP contribution in [0, 0.1) is 6.92 Å². The molecular weight excluding hydrogens is 242 g/mol. The molecule has 0 saturated heterocycles. The van der Waals surface area contributed by atoms with Gasteiger partial charge in [-0.1, -0.05) is 6.07 Å². The van der Waals surface area contributed by atoms with Gasteiger partial charge in [0.15, 0.2) is 18.9 Å². The van der Waals surface area contributed by atoms with Crippen molar-refractivity contribution in [2.45, 2.75) is 13.5 Å². The van der Waals surface area contributed by atoms with E-state index in [-0.39, 0.29) is 18.0 Å². The van der Waals surface area contributed by atoms with Crippen molar-refractivity contribution in [1.82, 2.24) is 9.97 Å². The van der Waals surface area contributed by atoms with Crippen LogP contribution in [0.25, 0.3) is 0 Å². The molecule has 0 atom stereocenters. The zero-order valence-corrected chi connectivity index (χ0v) is 9.99. The lowest BCUT2D eigenvalue weighted by Gasteiger charge is -2.00. The van der Waals surface area contributed by atoms with E-state index in [4.69, 9.17) is 0 Å². The molecule has 0 aliphatic carbocycles. The van der Waals surface area contributed by atoms with Crippen LogP contribution < -0.4 is 28.2 Å². The summed E-state index contributed by atoms with van der Waals surface area (Å²) in [5.41, 5.74) is 0.364. The second-order valence-corrected chi connectivity index (χ2v) is 3.56. The number of halogens is 1. The predicted octanol–water partition coefficient (Wildman–Crippen LogP) is -3.29. The normalized spacial score (nSPS) is 9.71. The molecule has 0 aliphatic heterocycles. The fourth-order valence-corrected chi connectivity index (χ4v) is 1.54. The standard InChI is InChI=1S/C11H11N3O2.ClH/c1-8-9(10(15)13-11(16)12-8)7-14-5-3-2-4-6-14;/h2-6H,7H2,1H3,(H-,12,13,15,16);1H. The van der Waals surface area contributed by atoms with Crippen molar-refractivity contribution in [3.8, 4) is 0 Å². The highest BCUT2D eigenvalue weighted by atomic mass is 35.5. The van der Waals surface area contributed by atoms with Gasteiger partial charge in [-0.2, -0.15) is 0 Å². The quantitative estimate of drug-likeness (QED) is 0.551. The van der Waals surface area contributed by atoms with Gasteiger partial charge < -0.3 is 17.4 Å². The average Bonchev–Trinajstić information content (AvgIpc) is 2.25. The van der Waals surface area contributed by atoms with E-state index in [2.05, 4.69) is 9.97 Å². The van der Waals surface area contributed by atoms with E-state index in [0.29, 0.717) is 17.8 Å². The molecule has 0 saturated carbocycles. The summed E-state index contributed by atoms with van der Waals surface area (Å²) in [6.07, 6.45) is 3.73. The second-order valence-electron chi connectivity index (χ2n) is 3.56. The molecule has 0 unspecified atom stereocenters. The fraction of sp³-hybridized carbons (Fsp3) is 0.182. The number of hydrogen-bond donors (Lipinski definition) is 2. The van der Waals surface area contributed by atoms with E-state index in [9.17, 15) is 9.59 Å². The molecule has 0 radical (unpaired) electrons.